The van der Waals surface area contributed by atoms with E-state index in [-0.39, 0.29) is 24.0 Å². The summed E-state index contributed by atoms with van der Waals surface area (Å²) in [6.45, 7) is 2.81. The fourth-order valence-electron chi connectivity index (χ4n) is 6.94. The fraction of sp³-hybridized carbons (Fsp3) is 0.471. The first-order valence-electron chi connectivity index (χ1n) is 16.4. The number of carbonyl (C=O) groups is 4. The zero-order valence-corrected chi connectivity index (χ0v) is 25.8. The topological polar surface area (TPSA) is 164 Å². The van der Waals surface area contributed by atoms with Gasteiger partial charge < -0.3 is 26.5 Å². The third kappa shape index (κ3) is 6.01. The lowest BCUT2D eigenvalue weighted by Crippen LogP contribution is -2.47. The number of benzene rings is 1. The number of nitrogens with one attached hydrogen (secondary N) is 3. The molecule has 240 valence electrons. The Kier molecular flexibility index (Phi) is 8.29. The van der Waals surface area contributed by atoms with Gasteiger partial charge in [0.1, 0.15) is 12.3 Å². The van der Waals surface area contributed by atoms with Gasteiger partial charge in [-0.15, -0.1) is 0 Å². The van der Waals surface area contributed by atoms with Crippen molar-refractivity contribution in [2.24, 2.45) is 11.7 Å². The summed E-state index contributed by atoms with van der Waals surface area (Å²) in [7, 11) is 0. The summed E-state index contributed by atoms with van der Waals surface area (Å²) in [5.74, 6) is -0.998. The molecule has 2 aliphatic heterocycles. The highest BCUT2D eigenvalue weighted by Gasteiger charge is 2.42. The largest absolute Gasteiger partial charge is 0.385 e. The molecule has 1 saturated heterocycles. The molecule has 0 bridgehead atoms. The SMILES string of the molecule is NC(=O)C(CCC=O)N1C(=O)c2ccc(NCC3CC(n4cc(-c5cc(NC6CCNCC6)ccn5)c(C5CC5)n4)C3)cc2C1=O. The smallest absolute Gasteiger partial charge is 0.262 e. The number of rotatable bonds is 13. The maximum atomic E-state index is 13.1. The van der Waals surface area contributed by atoms with Gasteiger partial charge in [0, 0.05) is 54.3 Å². The predicted octanol–water partition coefficient (Wildman–Crippen LogP) is 3.48. The van der Waals surface area contributed by atoms with E-state index in [0.717, 1.165) is 78.5 Å². The number of aromatic nitrogens is 3. The predicted molar refractivity (Wildman–Crippen MR) is 172 cm³/mol. The summed E-state index contributed by atoms with van der Waals surface area (Å²) in [6.07, 6.45) is 11.3. The van der Waals surface area contributed by atoms with Gasteiger partial charge in [0.25, 0.3) is 11.8 Å². The Morgan fingerprint density at radius 2 is 1.80 bits per heavy atom. The van der Waals surface area contributed by atoms with Crippen molar-refractivity contribution >= 4 is 35.4 Å². The number of nitrogens with zero attached hydrogens (tertiary/aromatic N) is 4. The van der Waals surface area contributed by atoms with Gasteiger partial charge in [0.2, 0.25) is 5.91 Å². The first-order valence-corrected chi connectivity index (χ1v) is 16.4. The Hall–Kier alpha value is -4.58. The molecule has 12 heteroatoms. The van der Waals surface area contributed by atoms with E-state index in [0.29, 0.717) is 30.2 Å². The second-order valence-electron chi connectivity index (χ2n) is 13.1. The summed E-state index contributed by atoms with van der Waals surface area (Å²) in [5.41, 5.74) is 11.0. The number of piperidine rings is 1. The highest BCUT2D eigenvalue weighted by Crippen LogP contribution is 2.46. The van der Waals surface area contributed by atoms with Crippen LogP contribution >= 0.6 is 0 Å². The molecule has 12 nitrogen and oxygen atoms in total. The van der Waals surface area contributed by atoms with E-state index in [9.17, 15) is 19.2 Å². The number of pyridine rings is 1. The molecule has 4 heterocycles. The van der Waals surface area contributed by atoms with Crippen LogP contribution in [0.15, 0.2) is 42.7 Å². The van der Waals surface area contributed by atoms with Gasteiger partial charge in [-0.1, -0.05) is 0 Å². The van der Waals surface area contributed by atoms with Crippen molar-refractivity contribution in [1.82, 2.24) is 25.0 Å². The number of primary amides is 1. The number of hydrogen-bond acceptors (Lipinski definition) is 9. The summed E-state index contributed by atoms with van der Waals surface area (Å²) in [6, 6.07) is 8.90. The van der Waals surface area contributed by atoms with Crippen LogP contribution in [0.25, 0.3) is 11.3 Å². The van der Waals surface area contributed by atoms with E-state index >= 15 is 0 Å². The van der Waals surface area contributed by atoms with Gasteiger partial charge in [-0.3, -0.25) is 28.9 Å². The van der Waals surface area contributed by atoms with Crippen LogP contribution < -0.4 is 21.7 Å². The van der Waals surface area contributed by atoms with E-state index in [1.807, 2.05) is 6.20 Å². The molecule has 4 aliphatic rings. The monoisotopic (exact) mass is 624 g/mol. The van der Waals surface area contributed by atoms with Gasteiger partial charge in [-0.2, -0.15) is 5.10 Å². The number of hydrogen-bond donors (Lipinski definition) is 4. The average molecular weight is 625 g/mol. The Balaban J connectivity index is 0.976. The number of imide groups is 1. The van der Waals surface area contributed by atoms with Crippen molar-refractivity contribution in [3.05, 3.63) is 59.5 Å². The molecular weight excluding hydrogens is 584 g/mol. The van der Waals surface area contributed by atoms with Gasteiger partial charge >= 0.3 is 0 Å². The molecule has 1 aromatic carbocycles. The lowest BCUT2D eigenvalue weighted by molar-refractivity contribution is -0.122. The molecule has 7 rings (SSSR count). The highest BCUT2D eigenvalue weighted by molar-refractivity contribution is 6.23. The maximum Gasteiger partial charge on any atom is 0.262 e. The van der Waals surface area contributed by atoms with E-state index in [1.165, 1.54) is 12.8 Å². The second kappa shape index (κ2) is 12.7. The van der Waals surface area contributed by atoms with Crippen LogP contribution in [0.3, 0.4) is 0 Å². The molecule has 0 spiro atoms. The molecular formula is C34H40N8O4. The maximum absolute atomic E-state index is 13.1. The van der Waals surface area contributed by atoms with Crippen LogP contribution in [-0.4, -0.2) is 75.4 Å². The van der Waals surface area contributed by atoms with Crippen LogP contribution in [0.1, 0.15) is 89.7 Å². The van der Waals surface area contributed by atoms with Gasteiger partial charge in [-0.25, -0.2) is 0 Å². The first-order chi connectivity index (χ1) is 22.4. The number of aldehydes is 1. The second-order valence-corrected chi connectivity index (χ2v) is 13.1. The van der Waals surface area contributed by atoms with Crippen molar-refractivity contribution < 1.29 is 19.2 Å². The number of anilines is 2. The van der Waals surface area contributed by atoms with Crippen LogP contribution in [0.5, 0.6) is 0 Å². The van der Waals surface area contributed by atoms with Crippen LogP contribution in [-0.2, 0) is 9.59 Å². The Morgan fingerprint density at radius 1 is 1.02 bits per heavy atom. The van der Waals surface area contributed by atoms with Crippen molar-refractivity contribution in [3.8, 4) is 11.3 Å². The highest BCUT2D eigenvalue weighted by atomic mass is 16.2. The molecule has 5 N–H and O–H groups in total. The Bertz CT molecular complexity index is 1650. The summed E-state index contributed by atoms with van der Waals surface area (Å²) < 4.78 is 2.14. The van der Waals surface area contributed by atoms with Crippen molar-refractivity contribution in [2.45, 2.75) is 75.4 Å². The van der Waals surface area contributed by atoms with Gasteiger partial charge in [0.15, 0.2) is 0 Å². The minimum absolute atomic E-state index is 0.0107. The lowest BCUT2D eigenvalue weighted by atomic mass is 9.80. The molecule has 1 atom stereocenters. The number of nitrogens with two attached hydrogens (primary N) is 1. The molecule has 46 heavy (non-hydrogen) atoms. The normalized spacial score (nSPS) is 21.9. The molecule has 2 aromatic heterocycles. The number of fused-ring (bicyclic) bond motifs is 1. The zero-order chi connectivity index (χ0) is 31.8. The minimum Gasteiger partial charge on any atom is -0.385 e. The standard InChI is InChI=1S/C34H40N8O4/c35-32(44)30(2-1-13-43)42-33(45)26-6-5-23(16-27(26)34(42)46)38-18-20-14-25(15-20)41-19-28(31(40-41)21-3-4-21)29-17-24(9-12-37-29)39-22-7-10-36-11-8-22/h5-6,9,12-13,16-17,19-22,25,30,36,38H,1-4,7-8,10-11,14-15,18H2,(H2,35,44)(H,37,39). The van der Waals surface area contributed by atoms with Crippen LogP contribution in [0, 0.1) is 5.92 Å². The molecule has 2 aliphatic carbocycles. The average Bonchev–Trinajstić information content (AvgIpc) is 3.75. The van der Waals surface area contributed by atoms with Crippen molar-refractivity contribution in [2.75, 3.05) is 30.3 Å². The summed E-state index contributed by atoms with van der Waals surface area (Å²) >= 11 is 0. The molecule has 3 fully saturated rings. The summed E-state index contributed by atoms with van der Waals surface area (Å²) in [5, 5.41) is 15.6. The number of carbonyl (C=O) groups excluding carboxylic acids is 4. The third-order valence-corrected chi connectivity index (χ3v) is 9.77. The van der Waals surface area contributed by atoms with Crippen molar-refractivity contribution in [1.29, 1.82) is 0 Å². The molecule has 3 amide bonds. The van der Waals surface area contributed by atoms with Crippen LogP contribution in [0.4, 0.5) is 11.4 Å². The third-order valence-electron chi connectivity index (χ3n) is 9.77. The molecule has 1 unspecified atom stereocenters. The van der Waals surface area contributed by atoms with E-state index in [4.69, 9.17) is 15.8 Å². The van der Waals surface area contributed by atoms with Gasteiger partial charge in [0.05, 0.1) is 28.6 Å². The van der Waals surface area contributed by atoms with E-state index < -0.39 is 23.8 Å². The van der Waals surface area contributed by atoms with Crippen molar-refractivity contribution in [3.63, 3.8) is 0 Å². The van der Waals surface area contributed by atoms with Gasteiger partial charge in [-0.05, 0) is 94.3 Å². The molecule has 0 radical (unpaired) electrons. The molecule has 2 saturated carbocycles. The Morgan fingerprint density at radius 3 is 2.54 bits per heavy atom. The Labute approximate surface area is 267 Å². The van der Waals surface area contributed by atoms with E-state index in [2.05, 4.69) is 39.0 Å². The quantitative estimate of drug-likeness (QED) is 0.165. The molecule has 3 aromatic rings. The van der Waals surface area contributed by atoms with Crippen LogP contribution in [0.2, 0.25) is 0 Å². The lowest BCUT2D eigenvalue weighted by Gasteiger charge is -2.35. The number of amides is 3. The summed E-state index contributed by atoms with van der Waals surface area (Å²) in [4.78, 5) is 54.5. The minimum atomic E-state index is -1.15. The first kappa shape index (κ1) is 30.1. The zero-order valence-electron chi connectivity index (χ0n) is 25.8. The van der Waals surface area contributed by atoms with E-state index in [1.54, 1.807) is 18.2 Å². The fourth-order valence-corrected chi connectivity index (χ4v) is 6.94.